The van der Waals surface area contributed by atoms with Crippen LogP contribution in [-0.4, -0.2) is 19.1 Å². The van der Waals surface area contributed by atoms with Crippen LogP contribution in [0.5, 0.6) is 5.75 Å². The molecule has 0 aromatic heterocycles. The Kier molecular flexibility index (Phi) is 4.68. The van der Waals surface area contributed by atoms with Gasteiger partial charge < -0.3 is 15.8 Å². The van der Waals surface area contributed by atoms with Crippen molar-refractivity contribution in [1.82, 2.24) is 5.32 Å². The standard InChI is InChI=1S/C12H13ClN2O2/c1-3-5-17-11-7-9(13)10(14)6-8(11)12(16)15-4-2/h1,6-7H,4-5,14H2,2H3,(H,15,16). The number of hydrogen-bond acceptors (Lipinski definition) is 3. The lowest BCUT2D eigenvalue weighted by molar-refractivity contribution is 0.0952. The highest BCUT2D eigenvalue weighted by atomic mass is 35.5. The molecule has 0 radical (unpaired) electrons. The topological polar surface area (TPSA) is 64.3 Å². The summed E-state index contributed by atoms with van der Waals surface area (Å²) in [5.41, 5.74) is 6.29. The molecule has 0 atom stereocenters. The van der Waals surface area contributed by atoms with E-state index >= 15 is 0 Å². The number of halogens is 1. The number of benzene rings is 1. The molecule has 1 amide bonds. The number of nitrogen functional groups attached to an aromatic ring is 1. The summed E-state index contributed by atoms with van der Waals surface area (Å²) in [7, 11) is 0. The second-order valence-corrected chi connectivity index (χ2v) is 3.63. The Morgan fingerprint density at radius 2 is 2.35 bits per heavy atom. The molecule has 0 aliphatic rings. The van der Waals surface area contributed by atoms with Gasteiger partial charge >= 0.3 is 0 Å². The SMILES string of the molecule is C#CCOc1cc(Cl)c(N)cc1C(=O)NCC. The molecule has 0 heterocycles. The van der Waals surface area contributed by atoms with Crippen molar-refractivity contribution in [2.75, 3.05) is 18.9 Å². The number of carbonyl (C=O) groups excluding carboxylic acids is 1. The fourth-order valence-corrected chi connectivity index (χ4v) is 1.40. The summed E-state index contributed by atoms with van der Waals surface area (Å²) in [5.74, 6) is 2.37. The maximum absolute atomic E-state index is 11.8. The molecule has 5 heteroatoms. The minimum atomic E-state index is -0.275. The van der Waals surface area contributed by atoms with E-state index in [-0.39, 0.29) is 12.5 Å². The first-order valence-corrected chi connectivity index (χ1v) is 5.41. The van der Waals surface area contributed by atoms with Crippen molar-refractivity contribution >= 4 is 23.2 Å². The molecule has 0 unspecified atom stereocenters. The Hall–Kier alpha value is -1.86. The molecule has 1 aromatic rings. The summed E-state index contributed by atoms with van der Waals surface area (Å²) in [6.45, 7) is 2.39. The number of nitrogens with two attached hydrogens (primary N) is 1. The van der Waals surface area contributed by atoms with Crippen LogP contribution in [0.1, 0.15) is 17.3 Å². The monoisotopic (exact) mass is 252 g/mol. The third-order valence-corrected chi connectivity index (χ3v) is 2.32. The third kappa shape index (κ3) is 3.30. The van der Waals surface area contributed by atoms with Crippen molar-refractivity contribution in [3.05, 3.63) is 22.7 Å². The molecular weight excluding hydrogens is 240 g/mol. The molecule has 0 aliphatic carbocycles. The van der Waals surface area contributed by atoms with Crippen molar-refractivity contribution in [2.24, 2.45) is 0 Å². The van der Waals surface area contributed by atoms with Gasteiger partial charge in [-0.05, 0) is 13.0 Å². The van der Waals surface area contributed by atoms with Crippen molar-refractivity contribution in [3.63, 3.8) is 0 Å². The number of rotatable bonds is 4. The zero-order valence-corrected chi connectivity index (χ0v) is 10.2. The maximum atomic E-state index is 11.8. The predicted octanol–water partition coefficient (Wildman–Crippen LogP) is 1.68. The average molecular weight is 253 g/mol. The normalized spacial score (nSPS) is 9.47. The van der Waals surface area contributed by atoms with Crippen molar-refractivity contribution in [2.45, 2.75) is 6.92 Å². The summed E-state index contributed by atoms with van der Waals surface area (Å²) in [6.07, 6.45) is 5.10. The molecule has 4 nitrogen and oxygen atoms in total. The van der Waals surface area contributed by atoms with Gasteiger partial charge in [0.05, 0.1) is 16.3 Å². The number of carbonyl (C=O) groups is 1. The smallest absolute Gasteiger partial charge is 0.255 e. The van der Waals surface area contributed by atoms with Gasteiger partial charge in [-0.1, -0.05) is 17.5 Å². The first-order valence-electron chi connectivity index (χ1n) is 5.03. The van der Waals surface area contributed by atoms with Crippen LogP contribution in [0.3, 0.4) is 0 Å². The Morgan fingerprint density at radius 1 is 1.65 bits per heavy atom. The Labute approximate surface area is 105 Å². The fraction of sp³-hybridized carbons (Fsp3) is 0.250. The highest BCUT2D eigenvalue weighted by Crippen LogP contribution is 2.29. The second-order valence-electron chi connectivity index (χ2n) is 3.22. The van der Waals surface area contributed by atoms with Crippen LogP contribution in [0.25, 0.3) is 0 Å². The molecule has 0 bridgehead atoms. The summed E-state index contributed by atoms with van der Waals surface area (Å²) in [6, 6.07) is 2.96. The van der Waals surface area contributed by atoms with Crippen LogP contribution in [0, 0.1) is 12.3 Å². The van der Waals surface area contributed by atoms with E-state index in [0.29, 0.717) is 28.6 Å². The van der Waals surface area contributed by atoms with E-state index in [1.54, 1.807) is 0 Å². The lowest BCUT2D eigenvalue weighted by Gasteiger charge is -2.11. The largest absolute Gasteiger partial charge is 0.480 e. The van der Waals surface area contributed by atoms with E-state index in [2.05, 4.69) is 11.2 Å². The van der Waals surface area contributed by atoms with Crippen molar-refractivity contribution < 1.29 is 9.53 Å². The van der Waals surface area contributed by atoms with Crippen LogP contribution in [-0.2, 0) is 0 Å². The van der Waals surface area contributed by atoms with Gasteiger partial charge in [-0.2, -0.15) is 0 Å². The average Bonchev–Trinajstić information content (AvgIpc) is 2.30. The maximum Gasteiger partial charge on any atom is 0.255 e. The number of ether oxygens (including phenoxy) is 1. The van der Waals surface area contributed by atoms with Crippen molar-refractivity contribution in [1.29, 1.82) is 0 Å². The lowest BCUT2D eigenvalue weighted by Crippen LogP contribution is -2.23. The lowest BCUT2D eigenvalue weighted by atomic mass is 10.1. The van der Waals surface area contributed by atoms with E-state index in [1.165, 1.54) is 12.1 Å². The summed E-state index contributed by atoms with van der Waals surface area (Å²) < 4.78 is 5.25. The van der Waals surface area contributed by atoms with Crippen LogP contribution in [0.4, 0.5) is 5.69 Å². The van der Waals surface area contributed by atoms with E-state index in [4.69, 9.17) is 28.5 Å². The van der Waals surface area contributed by atoms with E-state index in [9.17, 15) is 4.79 Å². The minimum Gasteiger partial charge on any atom is -0.480 e. The molecule has 0 fully saturated rings. The van der Waals surface area contributed by atoms with Crippen molar-refractivity contribution in [3.8, 4) is 18.1 Å². The van der Waals surface area contributed by atoms with Gasteiger partial charge in [0.15, 0.2) is 0 Å². The van der Waals surface area contributed by atoms with Gasteiger partial charge in [0.2, 0.25) is 0 Å². The fourth-order valence-electron chi connectivity index (χ4n) is 1.24. The van der Waals surface area contributed by atoms with Gasteiger partial charge in [-0.15, -0.1) is 6.42 Å². The zero-order chi connectivity index (χ0) is 12.8. The van der Waals surface area contributed by atoms with Gasteiger partial charge in [0.1, 0.15) is 12.4 Å². The summed E-state index contributed by atoms with van der Waals surface area (Å²) >= 11 is 5.86. The highest BCUT2D eigenvalue weighted by Gasteiger charge is 2.14. The quantitative estimate of drug-likeness (QED) is 0.633. The summed E-state index contributed by atoms with van der Waals surface area (Å²) in [4.78, 5) is 11.8. The number of nitrogens with one attached hydrogen (secondary N) is 1. The molecule has 1 rings (SSSR count). The molecule has 0 spiro atoms. The van der Waals surface area contributed by atoms with E-state index < -0.39 is 0 Å². The Bertz CT molecular complexity index is 466. The Morgan fingerprint density at radius 3 is 2.94 bits per heavy atom. The van der Waals surface area contributed by atoms with Gasteiger partial charge in [0, 0.05) is 12.6 Å². The molecule has 0 saturated heterocycles. The second kappa shape index (κ2) is 6.02. The van der Waals surface area contributed by atoms with Crippen LogP contribution in [0.2, 0.25) is 5.02 Å². The number of amides is 1. The van der Waals surface area contributed by atoms with Crippen LogP contribution < -0.4 is 15.8 Å². The molecule has 0 aliphatic heterocycles. The number of hydrogen-bond donors (Lipinski definition) is 2. The molecular formula is C12H13ClN2O2. The van der Waals surface area contributed by atoms with Gasteiger partial charge in [-0.3, -0.25) is 4.79 Å². The first kappa shape index (κ1) is 13.2. The first-order chi connectivity index (χ1) is 8.10. The predicted molar refractivity (Wildman–Crippen MR) is 68.2 cm³/mol. The third-order valence-electron chi connectivity index (χ3n) is 1.99. The van der Waals surface area contributed by atoms with E-state index in [1.807, 2.05) is 6.92 Å². The molecule has 1 aromatic carbocycles. The van der Waals surface area contributed by atoms with Gasteiger partial charge in [0.25, 0.3) is 5.91 Å². The number of terminal acetylenes is 1. The molecule has 3 N–H and O–H groups in total. The number of anilines is 1. The zero-order valence-electron chi connectivity index (χ0n) is 9.42. The Balaban J connectivity index is 3.11. The van der Waals surface area contributed by atoms with E-state index in [0.717, 1.165) is 0 Å². The summed E-state index contributed by atoms with van der Waals surface area (Å²) in [5, 5.41) is 2.98. The molecule has 90 valence electrons. The highest BCUT2D eigenvalue weighted by molar-refractivity contribution is 6.33. The van der Waals surface area contributed by atoms with Crippen LogP contribution in [0.15, 0.2) is 12.1 Å². The van der Waals surface area contributed by atoms with Gasteiger partial charge in [-0.25, -0.2) is 0 Å². The molecule has 17 heavy (non-hydrogen) atoms. The van der Waals surface area contributed by atoms with Crippen LogP contribution >= 0.6 is 11.6 Å². The molecule has 0 saturated carbocycles. The minimum absolute atomic E-state index is 0.0622.